The Morgan fingerprint density at radius 2 is 1.92 bits per heavy atom. The zero-order valence-electron chi connectivity index (χ0n) is 13.7. The first-order chi connectivity index (χ1) is 12.0. The minimum Gasteiger partial charge on any atom is -0.479 e. The molecule has 25 heavy (non-hydrogen) atoms. The first-order valence-electron chi connectivity index (χ1n) is 7.64. The van der Waals surface area contributed by atoms with E-state index in [1.165, 1.54) is 31.4 Å². The van der Waals surface area contributed by atoms with Crippen molar-refractivity contribution in [1.82, 2.24) is 0 Å². The molecule has 1 atom stereocenters. The average Bonchev–Trinajstić information content (AvgIpc) is 2.59. The maximum Gasteiger partial charge on any atom is 0.344 e. The molecular formula is C19H16O6. The lowest BCUT2D eigenvalue weighted by Gasteiger charge is -2.11. The van der Waals surface area contributed by atoms with Gasteiger partial charge >= 0.3 is 5.97 Å². The lowest BCUT2D eigenvalue weighted by Crippen LogP contribution is -2.22. The molecule has 0 aliphatic carbocycles. The van der Waals surface area contributed by atoms with Crippen LogP contribution < -0.4 is 14.9 Å². The van der Waals surface area contributed by atoms with Crippen LogP contribution in [0.3, 0.4) is 0 Å². The number of hydrogen-bond acceptors (Lipinski definition) is 5. The number of rotatable bonds is 5. The highest BCUT2D eigenvalue weighted by atomic mass is 16.5. The molecule has 1 heterocycles. The number of hydrogen-bond donors (Lipinski definition) is 1. The van der Waals surface area contributed by atoms with E-state index in [1.807, 2.05) is 25.1 Å². The normalized spacial score (nSPS) is 11.9. The largest absolute Gasteiger partial charge is 0.479 e. The maximum atomic E-state index is 12.6. The van der Waals surface area contributed by atoms with Gasteiger partial charge in [-0.3, -0.25) is 4.79 Å². The van der Waals surface area contributed by atoms with Crippen LogP contribution in [0, 0.1) is 6.92 Å². The number of aryl methyl sites for hydroxylation is 1. The quantitative estimate of drug-likeness (QED) is 0.761. The van der Waals surface area contributed by atoms with Crippen LogP contribution in [0.5, 0.6) is 17.2 Å². The van der Waals surface area contributed by atoms with Crippen molar-refractivity contribution in [3.8, 4) is 17.2 Å². The summed E-state index contributed by atoms with van der Waals surface area (Å²) in [6.45, 7) is 3.30. The van der Waals surface area contributed by atoms with Crippen molar-refractivity contribution in [1.29, 1.82) is 0 Å². The molecule has 2 aromatic carbocycles. The topological polar surface area (TPSA) is 86.0 Å². The molecule has 0 aliphatic heterocycles. The third kappa shape index (κ3) is 3.47. The van der Waals surface area contributed by atoms with E-state index in [1.54, 1.807) is 6.07 Å². The fourth-order valence-electron chi connectivity index (χ4n) is 2.28. The Hall–Kier alpha value is -3.28. The summed E-state index contributed by atoms with van der Waals surface area (Å²) in [5.74, 6) is -0.125. The fraction of sp³-hybridized carbons (Fsp3) is 0.158. The van der Waals surface area contributed by atoms with E-state index in [-0.39, 0.29) is 16.8 Å². The van der Waals surface area contributed by atoms with Crippen molar-refractivity contribution in [2.75, 3.05) is 0 Å². The molecule has 0 saturated heterocycles. The zero-order chi connectivity index (χ0) is 18.0. The molecule has 1 aromatic heterocycles. The van der Waals surface area contributed by atoms with Gasteiger partial charge in [-0.05, 0) is 37.6 Å². The van der Waals surface area contributed by atoms with E-state index >= 15 is 0 Å². The van der Waals surface area contributed by atoms with Gasteiger partial charge in [-0.1, -0.05) is 18.2 Å². The second kappa shape index (κ2) is 6.68. The standard InChI is InChI=1S/C19H16O6/c1-11-5-3-4-6-15(11)25-17-10-23-16-9-13(24-12(2)19(21)22)7-8-14(16)18(17)20/h3-10,12H,1-2H3,(H,21,22). The van der Waals surface area contributed by atoms with E-state index < -0.39 is 12.1 Å². The van der Waals surface area contributed by atoms with Gasteiger partial charge in [-0.2, -0.15) is 0 Å². The van der Waals surface area contributed by atoms with E-state index in [9.17, 15) is 9.59 Å². The van der Waals surface area contributed by atoms with Crippen LogP contribution in [0.1, 0.15) is 12.5 Å². The summed E-state index contributed by atoms with van der Waals surface area (Å²) in [5.41, 5.74) is 0.868. The second-order valence-corrected chi connectivity index (χ2v) is 5.55. The highest BCUT2D eigenvalue weighted by Crippen LogP contribution is 2.26. The van der Waals surface area contributed by atoms with Gasteiger partial charge in [-0.25, -0.2) is 4.79 Å². The lowest BCUT2D eigenvalue weighted by molar-refractivity contribution is -0.144. The Morgan fingerprint density at radius 3 is 2.64 bits per heavy atom. The number of carbonyl (C=O) groups is 1. The van der Waals surface area contributed by atoms with Crippen LogP contribution in [0.25, 0.3) is 11.0 Å². The van der Waals surface area contributed by atoms with Crippen molar-refractivity contribution in [3.63, 3.8) is 0 Å². The smallest absolute Gasteiger partial charge is 0.344 e. The number of ether oxygens (including phenoxy) is 2. The molecule has 6 nitrogen and oxygen atoms in total. The minimum absolute atomic E-state index is 0.0781. The first kappa shape index (κ1) is 16.6. The number of carboxylic acids is 1. The predicted octanol–water partition coefficient (Wildman–Crippen LogP) is 3.75. The molecule has 3 aromatic rings. The summed E-state index contributed by atoms with van der Waals surface area (Å²) < 4.78 is 16.4. The third-order valence-electron chi connectivity index (χ3n) is 3.69. The van der Waals surface area contributed by atoms with Crippen LogP contribution in [0.4, 0.5) is 0 Å². The van der Waals surface area contributed by atoms with Crippen molar-refractivity contribution in [2.45, 2.75) is 20.0 Å². The van der Waals surface area contributed by atoms with Gasteiger partial charge in [0.15, 0.2) is 6.10 Å². The van der Waals surface area contributed by atoms with Crippen LogP contribution in [0.2, 0.25) is 0 Å². The molecule has 0 amide bonds. The summed E-state index contributed by atoms with van der Waals surface area (Å²) in [7, 11) is 0. The van der Waals surface area contributed by atoms with Crippen molar-refractivity contribution in [2.24, 2.45) is 0 Å². The van der Waals surface area contributed by atoms with Crippen LogP contribution in [-0.4, -0.2) is 17.2 Å². The van der Waals surface area contributed by atoms with Crippen LogP contribution >= 0.6 is 0 Å². The Kier molecular flexibility index (Phi) is 4.43. The minimum atomic E-state index is -1.08. The van der Waals surface area contributed by atoms with Crippen molar-refractivity contribution in [3.05, 3.63) is 64.5 Å². The van der Waals surface area contributed by atoms with Gasteiger partial charge in [0.25, 0.3) is 0 Å². The maximum absolute atomic E-state index is 12.6. The zero-order valence-corrected chi connectivity index (χ0v) is 13.7. The van der Waals surface area contributed by atoms with Crippen LogP contribution in [-0.2, 0) is 4.79 Å². The van der Waals surface area contributed by atoms with Crippen molar-refractivity contribution >= 4 is 16.9 Å². The molecule has 6 heteroatoms. The van der Waals surface area contributed by atoms with Gasteiger partial charge < -0.3 is 19.0 Å². The number of benzene rings is 2. The first-order valence-corrected chi connectivity index (χ1v) is 7.64. The monoisotopic (exact) mass is 340 g/mol. The summed E-state index contributed by atoms with van der Waals surface area (Å²) in [6, 6.07) is 11.9. The summed E-state index contributed by atoms with van der Waals surface area (Å²) in [4.78, 5) is 23.4. The molecule has 0 aliphatic rings. The summed E-state index contributed by atoms with van der Waals surface area (Å²) in [6.07, 6.45) is 0.231. The molecule has 128 valence electrons. The lowest BCUT2D eigenvalue weighted by atomic mass is 10.2. The molecule has 0 bridgehead atoms. The van der Waals surface area contributed by atoms with Gasteiger partial charge in [-0.15, -0.1) is 0 Å². The molecule has 0 saturated carbocycles. The Bertz CT molecular complexity index is 989. The fourth-order valence-corrected chi connectivity index (χ4v) is 2.28. The highest BCUT2D eigenvalue weighted by Gasteiger charge is 2.15. The molecule has 0 spiro atoms. The average molecular weight is 340 g/mol. The predicted molar refractivity (Wildman–Crippen MR) is 91.5 cm³/mol. The molecule has 3 rings (SSSR count). The van der Waals surface area contributed by atoms with Crippen LogP contribution in [0.15, 0.2) is 57.9 Å². The van der Waals surface area contributed by atoms with E-state index in [4.69, 9.17) is 19.0 Å². The van der Waals surface area contributed by atoms with Gasteiger partial charge in [0, 0.05) is 6.07 Å². The van der Waals surface area contributed by atoms with Crippen molar-refractivity contribution < 1.29 is 23.8 Å². The SMILES string of the molecule is Cc1ccccc1Oc1coc2cc(OC(C)C(=O)O)ccc2c1=O. The molecule has 0 radical (unpaired) electrons. The number of carboxylic acid groups (broad SMARTS) is 1. The number of fused-ring (bicyclic) bond motifs is 1. The van der Waals surface area contributed by atoms with Gasteiger partial charge in [0.1, 0.15) is 23.3 Å². The Balaban J connectivity index is 1.94. The highest BCUT2D eigenvalue weighted by molar-refractivity contribution is 5.79. The second-order valence-electron chi connectivity index (χ2n) is 5.55. The van der Waals surface area contributed by atoms with E-state index in [0.717, 1.165) is 5.56 Å². The van der Waals surface area contributed by atoms with Gasteiger partial charge in [0.2, 0.25) is 11.2 Å². The third-order valence-corrected chi connectivity index (χ3v) is 3.69. The number of para-hydroxylation sites is 1. The van der Waals surface area contributed by atoms with E-state index in [0.29, 0.717) is 16.9 Å². The Morgan fingerprint density at radius 1 is 1.16 bits per heavy atom. The molecule has 0 fully saturated rings. The Labute approximate surface area is 143 Å². The van der Waals surface area contributed by atoms with Gasteiger partial charge in [0.05, 0.1) is 5.39 Å². The summed E-state index contributed by atoms with van der Waals surface area (Å²) in [5, 5.41) is 9.21. The van der Waals surface area contributed by atoms with E-state index in [2.05, 4.69) is 0 Å². The summed E-state index contributed by atoms with van der Waals surface area (Å²) >= 11 is 0. The number of aliphatic carboxylic acids is 1. The molecule has 1 N–H and O–H groups in total. The molecular weight excluding hydrogens is 324 g/mol. The molecule has 1 unspecified atom stereocenters.